The number of aryl methyl sites for hydroxylation is 1. The molecule has 0 aliphatic carbocycles. The van der Waals surface area contributed by atoms with Crippen molar-refractivity contribution in [2.24, 2.45) is 0 Å². The van der Waals surface area contributed by atoms with Crippen molar-refractivity contribution in [3.8, 4) is 0 Å². The third-order valence-corrected chi connectivity index (χ3v) is 2.89. The Morgan fingerprint density at radius 3 is 2.85 bits per heavy atom. The fraction of sp³-hybridized carbons (Fsp3) is 0.286. The molecule has 0 bridgehead atoms. The molecule has 2 rings (SSSR count). The predicted octanol–water partition coefficient (Wildman–Crippen LogP) is 2.18. The monoisotopic (exact) mass is 295 g/mol. The molecule has 0 spiro atoms. The summed E-state index contributed by atoms with van der Waals surface area (Å²) in [4.78, 5) is 15.0. The third-order valence-electron chi connectivity index (χ3n) is 2.89. The Hall–Kier alpha value is -1.85. The van der Waals surface area contributed by atoms with E-state index in [-0.39, 0.29) is 12.4 Å². The zero-order valence-electron chi connectivity index (χ0n) is 11.0. The number of carboxylic acid groups (broad SMARTS) is 1. The second-order valence-electron chi connectivity index (χ2n) is 4.29. The summed E-state index contributed by atoms with van der Waals surface area (Å²) in [5.74, 6) is -0.879. The van der Waals surface area contributed by atoms with Gasteiger partial charge in [-0.15, -0.1) is 12.4 Å². The SMILES string of the molecule is Cl.O=C(O)c1ccccc1CNCCCn1ccnc1. The minimum atomic E-state index is -0.879. The number of carbonyl (C=O) groups is 1. The summed E-state index contributed by atoms with van der Waals surface area (Å²) in [5.41, 5.74) is 1.18. The molecule has 0 saturated heterocycles. The topological polar surface area (TPSA) is 67.2 Å². The number of nitrogens with zero attached hydrogens (tertiary/aromatic N) is 2. The first-order valence-corrected chi connectivity index (χ1v) is 6.25. The molecule has 0 radical (unpaired) electrons. The van der Waals surface area contributed by atoms with Gasteiger partial charge in [0.15, 0.2) is 0 Å². The highest BCUT2D eigenvalue weighted by Gasteiger charge is 2.07. The molecule has 0 fully saturated rings. The molecule has 0 atom stereocenters. The van der Waals surface area contributed by atoms with E-state index in [0.29, 0.717) is 12.1 Å². The standard InChI is InChI=1S/C14H17N3O2.ClH/c18-14(19)13-5-2-1-4-12(13)10-15-6-3-8-17-9-7-16-11-17;/h1-2,4-5,7,9,11,15H,3,6,8,10H2,(H,18,19);1H. The molecular formula is C14H18ClN3O2. The van der Waals surface area contributed by atoms with Crippen molar-refractivity contribution < 1.29 is 9.90 Å². The van der Waals surface area contributed by atoms with Crippen molar-refractivity contribution in [3.05, 3.63) is 54.1 Å². The quantitative estimate of drug-likeness (QED) is 0.768. The van der Waals surface area contributed by atoms with Crippen LogP contribution >= 0.6 is 12.4 Å². The lowest BCUT2D eigenvalue weighted by atomic mass is 10.1. The van der Waals surface area contributed by atoms with Gasteiger partial charge in [0, 0.05) is 25.5 Å². The van der Waals surface area contributed by atoms with E-state index in [2.05, 4.69) is 10.3 Å². The fourth-order valence-electron chi connectivity index (χ4n) is 1.91. The summed E-state index contributed by atoms with van der Waals surface area (Å²) in [7, 11) is 0. The minimum Gasteiger partial charge on any atom is -0.478 e. The van der Waals surface area contributed by atoms with Crippen LogP contribution in [-0.4, -0.2) is 27.2 Å². The van der Waals surface area contributed by atoms with Gasteiger partial charge in [-0.05, 0) is 24.6 Å². The zero-order chi connectivity index (χ0) is 13.5. The molecule has 1 heterocycles. The number of nitrogens with one attached hydrogen (secondary N) is 1. The summed E-state index contributed by atoms with van der Waals surface area (Å²) in [6.07, 6.45) is 6.46. The van der Waals surface area contributed by atoms with Crippen LogP contribution in [0, 0.1) is 0 Å². The van der Waals surface area contributed by atoms with Gasteiger partial charge in [-0.2, -0.15) is 0 Å². The summed E-state index contributed by atoms with van der Waals surface area (Å²) in [6, 6.07) is 7.07. The van der Waals surface area contributed by atoms with Crippen LogP contribution in [0.25, 0.3) is 0 Å². The van der Waals surface area contributed by atoms with Crippen molar-refractivity contribution in [3.63, 3.8) is 0 Å². The Bertz CT molecular complexity index is 529. The molecule has 108 valence electrons. The first kappa shape index (κ1) is 16.2. The number of hydrogen-bond donors (Lipinski definition) is 2. The summed E-state index contributed by atoms with van der Waals surface area (Å²) in [5, 5.41) is 12.3. The highest BCUT2D eigenvalue weighted by molar-refractivity contribution is 5.89. The van der Waals surface area contributed by atoms with Crippen molar-refractivity contribution in [1.82, 2.24) is 14.9 Å². The van der Waals surface area contributed by atoms with E-state index in [0.717, 1.165) is 25.1 Å². The Labute approximate surface area is 124 Å². The molecule has 2 N–H and O–H groups in total. The number of benzene rings is 1. The van der Waals surface area contributed by atoms with E-state index in [1.165, 1.54) is 0 Å². The van der Waals surface area contributed by atoms with Gasteiger partial charge in [0.25, 0.3) is 0 Å². The van der Waals surface area contributed by atoms with Gasteiger partial charge in [-0.1, -0.05) is 18.2 Å². The van der Waals surface area contributed by atoms with Gasteiger partial charge in [0.05, 0.1) is 11.9 Å². The van der Waals surface area contributed by atoms with Crippen LogP contribution < -0.4 is 5.32 Å². The number of rotatable bonds is 7. The Kier molecular flexibility index (Phi) is 6.76. The molecule has 5 nitrogen and oxygen atoms in total. The van der Waals surface area contributed by atoms with Gasteiger partial charge in [-0.25, -0.2) is 9.78 Å². The number of imidazole rings is 1. The van der Waals surface area contributed by atoms with Gasteiger partial charge in [0.2, 0.25) is 0 Å². The van der Waals surface area contributed by atoms with E-state index in [1.54, 1.807) is 24.7 Å². The predicted molar refractivity (Wildman–Crippen MR) is 79.2 cm³/mol. The second-order valence-corrected chi connectivity index (χ2v) is 4.29. The van der Waals surface area contributed by atoms with E-state index < -0.39 is 5.97 Å². The Balaban J connectivity index is 0.00000200. The van der Waals surface area contributed by atoms with Crippen LogP contribution in [0.1, 0.15) is 22.3 Å². The molecule has 0 amide bonds. The zero-order valence-corrected chi connectivity index (χ0v) is 11.8. The number of hydrogen-bond acceptors (Lipinski definition) is 3. The normalized spacial score (nSPS) is 10.0. The molecule has 1 aromatic carbocycles. The summed E-state index contributed by atoms with van der Waals surface area (Å²) in [6.45, 7) is 2.33. The number of aromatic carboxylic acids is 1. The summed E-state index contributed by atoms with van der Waals surface area (Å²) < 4.78 is 2.02. The first-order chi connectivity index (χ1) is 9.27. The smallest absolute Gasteiger partial charge is 0.336 e. The van der Waals surface area contributed by atoms with Crippen LogP contribution in [0.3, 0.4) is 0 Å². The van der Waals surface area contributed by atoms with E-state index in [4.69, 9.17) is 5.11 Å². The van der Waals surface area contributed by atoms with Crippen LogP contribution in [0.5, 0.6) is 0 Å². The average Bonchev–Trinajstić information content (AvgIpc) is 2.92. The van der Waals surface area contributed by atoms with Crippen LogP contribution in [0.15, 0.2) is 43.0 Å². The fourth-order valence-corrected chi connectivity index (χ4v) is 1.91. The van der Waals surface area contributed by atoms with Gasteiger partial charge in [0.1, 0.15) is 0 Å². The van der Waals surface area contributed by atoms with Gasteiger partial charge in [-0.3, -0.25) is 0 Å². The van der Waals surface area contributed by atoms with E-state index >= 15 is 0 Å². The lowest BCUT2D eigenvalue weighted by Gasteiger charge is -2.08. The number of aromatic nitrogens is 2. The van der Waals surface area contributed by atoms with Crippen LogP contribution in [0.4, 0.5) is 0 Å². The molecule has 0 saturated carbocycles. The number of carboxylic acids is 1. The average molecular weight is 296 g/mol. The molecule has 0 unspecified atom stereocenters. The van der Waals surface area contributed by atoms with Crippen LogP contribution in [0.2, 0.25) is 0 Å². The maximum absolute atomic E-state index is 11.0. The minimum absolute atomic E-state index is 0. The maximum Gasteiger partial charge on any atom is 0.336 e. The van der Waals surface area contributed by atoms with Crippen molar-refractivity contribution >= 4 is 18.4 Å². The Morgan fingerprint density at radius 2 is 2.15 bits per heavy atom. The Morgan fingerprint density at radius 1 is 1.35 bits per heavy atom. The maximum atomic E-state index is 11.0. The van der Waals surface area contributed by atoms with Crippen molar-refractivity contribution in [2.45, 2.75) is 19.5 Å². The largest absolute Gasteiger partial charge is 0.478 e. The lowest BCUT2D eigenvalue weighted by molar-refractivity contribution is 0.0695. The lowest BCUT2D eigenvalue weighted by Crippen LogP contribution is -2.18. The van der Waals surface area contributed by atoms with Gasteiger partial charge >= 0.3 is 5.97 Å². The first-order valence-electron chi connectivity index (χ1n) is 6.25. The number of halogens is 1. The summed E-state index contributed by atoms with van der Waals surface area (Å²) >= 11 is 0. The molecule has 0 aliphatic rings. The highest BCUT2D eigenvalue weighted by Crippen LogP contribution is 2.08. The third kappa shape index (κ3) is 4.68. The molecular weight excluding hydrogens is 278 g/mol. The van der Waals surface area contributed by atoms with Gasteiger partial charge < -0.3 is 15.0 Å². The molecule has 6 heteroatoms. The van der Waals surface area contributed by atoms with Crippen molar-refractivity contribution in [1.29, 1.82) is 0 Å². The molecule has 0 aliphatic heterocycles. The van der Waals surface area contributed by atoms with Crippen LogP contribution in [-0.2, 0) is 13.1 Å². The second kappa shape index (κ2) is 8.35. The highest BCUT2D eigenvalue weighted by atomic mass is 35.5. The van der Waals surface area contributed by atoms with Crippen molar-refractivity contribution in [2.75, 3.05) is 6.54 Å². The molecule has 2 aromatic rings. The van der Waals surface area contributed by atoms with E-state index in [9.17, 15) is 4.79 Å². The molecule has 20 heavy (non-hydrogen) atoms. The molecule has 1 aromatic heterocycles. The van der Waals surface area contributed by atoms with E-state index in [1.807, 2.05) is 22.9 Å².